The molecule has 33 heavy (non-hydrogen) atoms. The summed E-state index contributed by atoms with van der Waals surface area (Å²) in [5.74, 6) is 0.0147. The molecule has 2 amide bonds. The second kappa shape index (κ2) is 9.60. The fraction of sp³-hybridized carbons (Fsp3) is 0.167. The van der Waals surface area contributed by atoms with Gasteiger partial charge in [-0.2, -0.15) is 0 Å². The molecule has 4 aromatic rings. The molecule has 0 saturated carbocycles. The number of thiophene rings is 1. The fourth-order valence-electron chi connectivity index (χ4n) is 3.50. The lowest BCUT2D eigenvalue weighted by atomic mass is 10.0. The minimum absolute atomic E-state index is 0.118. The Hall–Kier alpha value is -3.43. The average molecular weight is 478 g/mol. The van der Waals surface area contributed by atoms with Crippen molar-refractivity contribution in [2.24, 2.45) is 12.8 Å². The van der Waals surface area contributed by atoms with Crippen molar-refractivity contribution in [3.8, 4) is 22.5 Å². The van der Waals surface area contributed by atoms with E-state index in [0.29, 0.717) is 10.8 Å². The van der Waals surface area contributed by atoms with Crippen LogP contribution in [-0.2, 0) is 11.8 Å². The molecule has 7 nitrogen and oxygen atoms in total. The zero-order chi connectivity index (χ0) is 23.5. The molecule has 0 radical (unpaired) electrons. The highest BCUT2D eigenvalue weighted by molar-refractivity contribution is 7.99. The van der Waals surface area contributed by atoms with Crippen molar-refractivity contribution in [3.05, 3.63) is 69.9 Å². The Bertz CT molecular complexity index is 1330. The number of rotatable bonds is 7. The van der Waals surface area contributed by atoms with Crippen LogP contribution < -0.4 is 11.1 Å². The van der Waals surface area contributed by atoms with Crippen LogP contribution in [0.25, 0.3) is 22.5 Å². The third kappa shape index (κ3) is 4.84. The molecule has 0 spiro atoms. The monoisotopic (exact) mass is 477 g/mol. The highest BCUT2D eigenvalue weighted by Crippen LogP contribution is 2.39. The van der Waals surface area contributed by atoms with Gasteiger partial charge in [0.1, 0.15) is 0 Å². The smallest absolute Gasteiger partial charge is 0.250 e. The number of anilines is 1. The van der Waals surface area contributed by atoms with Crippen molar-refractivity contribution < 1.29 is 9.59 Å². The summed E-state index contributed by atoms with van der Waals surface area (Å²) in [5, 5.41) is 14.2. The van der Waals surface area contributed by atoms with Gasteiger partial charge in [-0.15, -0.1) is 21.5 Å². The van der Waals surface area contributed by atoms with Gasteiger partial charge >= 0.3 is 0 Å². The van der Waals surface area contributed by atoms with E-state index >= 15 is 0 Å². The maximum absolute atomic E-state index is 12.5. The number of carbonyl (C=O) groups excluding carboxylic acids is 2. The number of hydrogen-bond acceptors (Lipinski definition) is 6. The lowest BCUT2D eigenvalue weighted by molar-refractivity contribution is -0.113. The van der Waals surface area contributed by atoms with Crippen LogP contribution in [0.15, 0.2) is 59.1 Å². The van der Waals surface area contributed by atoms with Crippen molar-refractivity contribution in [2.45, 2.75) is 19.0 Å². The summed E-state index contributed by atoms with van der Waals surface area (Å²) in [6.07, 6.45) is 0. The Morgan fingerprint density at radius 1 is 1.09 bits per heavy atom. The number of aryl methyl sites for hydroxylation is 2. The molecule has 4 rings (SSSR count). The molecule has 0 bridgehead atoms. The van der Waals surface area contributed by atoms with Gasteiger partial charge in [0.15, 0.2) is 11.0 Å². The van der Waals surface area contributed by atoms with Crippen LogP contribution in [0.5, 0.6) is 0 Å². The number of nitrogens with one attached hydrogen (secondary N) is 1. The van der Waals surface area contributed by atoms with Gasteiger partial charge in [-0.1, -0.05) is 53.7 Å². The quantitative estimate of drug-likeness (QED) is 0.377. The van der Waals surface area contributed by atoms with Crippen molar-refractivity contribution in [2.75, 3.05) is 11.1 Å². The summed E-state index contributed by atoms with van der Waals surface area (Å²) in [4.78, 5) is 25.2. The number of nitrogens with zero attached hydrogens (tertiary/aromatic N) is 3. The summed E-state index contributed by atoms with van der Waals surface area (Å²) in [7, 11) is 1.89. The minimum atomic E-state index is -0.591. The van der Waals surface area contributed by atoms with Gasteiger partial charge in [-0.05, 0) is 31.5 Å². The second-order valence-electron chi connectivity index (χ2n) is 7.56. The summed E-state index contributed by atoms with van der Waals surface area (Å²) in [6.45, 7) is 4.17. The Labute approximate surface area is 200 Å². The highest BCUT2D eigenvalue weighted by Gasteiger charge is 2.19. The first-order chi connectivity index (χ1) is 15.8. The number of aromatic nitrogens is 3. The van der Waals surface area contributed by atoms with Gasteiger partial charge in [0.25, 0.3) is 5.91 Å². The van der Waals surface area contributed by atoms with Crippen LogP contribution in [-0.4, -0.2) is 32.3 Å². The fourth-order valence-corrected chi connectivity index (χ4v) is 5.07. The maximum Gasteiger partial charge on any atom is 0.250 e. The molecule has 0 unspecified atom stereocenters. The molecule has 2 aromatic heterocycles. The van der Waals surface area contributed by atoms with Crippen molar-refractivity contribution >= 4 is 40.6 Å². The molecule has 2 aromatic carbocycles. The number of para-hydroxylation sites is 1. The first-order valence-corrected chi connectivity index (χ1v) is 12.1. The van der Waals surface area contributed by atoms with E-state index in [2.05, 4.69) is 59.0 Å². The number of thioether (sulfide) groups is 1. The van der Waals surface area contributed by atoms with Crippen LogP contribution in [0, 0.1) is 13.8 Å². The molecule has 3 N–H and O–H groups in total. The first-order valence-electron chi connectivity index (χ1n) is 10.2. The van der Waals surface area contributed by atoms with Gasteiger partial charge in [-0.3, -0.25) is 9.59 Å². The molecule has 0 aliphatic carbocycles. The Kier molecular flexibility index (Phi) is 6.62. The van der Waals surface area contributed by atoms with Crippen molar-refractivity contribution in [1.82, 2.24) is 14.8 Å². The van der Waals surface area contributed by atoms with E-state index in [1.165, 1.54) is 22.2 Å². The van der Waals surface area contributed by atoms with E-state index in [1.54, 1.807) is 35.6 Å². The molecule has 0 fully saturated rings. The SMILES string of the molecule is Cc1ccc(-c2c(-c3nnc(SCC(=O)Nc4ccccc4C(N)=O)n3C)csc2C)cc1. The predicted molar refractivity (Wildman–Crippen MR) is 134 cm³/mol. The third-order valence-corrected chi connectivity index (χ3v) is 7.12. The summed E-state index contributed by atoms with van der Waals surface area (Å²) < 4.78 is 1.90. The lowest BCUT2D eigenvalue weighted by Gasteiger charge is -2.09. The molecule has 0 saturated heterocycles. The summed E-state index contributed by atoms with van der Waals surface area (Å²) in [6, 6.07) is 15.1. The van der Waals surface area contributed by atoms with E-state index in [1.807, 2.05) is 11.6 Å². The zero-order valence-corrected chi connectivity index (χ0v) is 20.1. The van der Waals surface area contributed by atoms with Crippen LogP contribution >= 0.6 is 23.1 Å². The van der Waals surface area contributed by atoms with Gasteiger partial charge < -0.3 is 15.6 Å². The molecule has 0 atom stereocenters. The number of hydrogen-bond donors (Lipinski definition) is 2. The van der Waals surface area contributed by atoms with Gasteiger partial charge in [0, 0.05) is 28.4 Å². The Morgan fingerprint density at radius 3 is 2.55 bits per heavy atom. The Morgan fingerprint density at radius 2 is 1.82 bits per heavy atom. The standard InChI is InChI=1S/C24H23N5O2S2/c1-14-8-10-16(11-9-14)21-15(2)32-12-18(21)23-27-28-24(29(23)3)33-13-20(30)26-19-7-5-4-6-17(19)22(25)31/h4-12H,13H2,1-3H3,(H2,25,31)(H,26,30). The van der Waals surface area contributed by atoms with E-state index in [4.69, 9.17) is 5.73 Å². The molecule has 9 heteroatoms. The van der Waals surface area contributed by atoms with Gasteiger partial charge in [0.2, 0.25) is 5.91 Å². The molecular formula is C24H23N5O2S2. The van der Waals surface area contributed by atoms with Crippen molar-refractivity contribution in [3.63, 3.8) is 0 Å². The van der Waals surface area contributed by atoms with Crippen molar-refractivity contribution in [1.29, 1.82) is 0 Å². The largest absolute Gasteiger partial charge is 0.366 e. The van der Waals surface area contributed by atoms with E-state index in [9.17, 15) is 9.59 Å². The number of carbonyl (C=O) groups is 2. The van der Waals surface area contributed by atoms with Crippen LogP contribution in [0.2, 0.25) is 0 Å². The van der Waals surface area contributed by atoms with Crippen LogP contribution in [0.4, 0.5) is 5.69 Å². The highest BCUT2D eigenvalue weighted by atomic mass is 32.2. The zero-order valence-electron chi connectivity index (χ0n) is 18.5. The normalized spacial score (nSPS) is 10.9. The topological polar surface area (TPSA) is 103 Å². The summed E-state index contributed by atoms with van der Waals surface area (Å²) in [5.41, 5.74) is 10.6. The third-order valence-electron chi connectivity index (χ3n) is 5.19. The van der Waals surface area contributed by atoms with E-state index < -0.39 is 5.91 Å². The number of nitrogens with two attached hydrogens (primary N) is 1. The molecular weight excluding hydrogens is 454 g/mol. The molecule has 0 aliphatic rings. The average Bonchev–Trinajstić information content (AvgIpc) is 3.35. The summed E-state index contributed by atoms with van der Waals surface area (Å²) >= 11 is 2.96. The van der Waals surface area contributed by atoms with Crippen LogP contribution in [0.3, 0.4) is 0 Å². The predicted octanol–water partition coefficient (Wildman–Crippen LogP) is 4.66. The van der Waals surface area contributed by atoms with Gasteiger partial charge in [-0.25, -0.2) is 0 Å². The Balaban J connectivity index is 1.51. The number of benzene rings is 2. The van der Waals surface area contributed by atoms with Crippen LogP contribution in [0.1, 0.15) is 20.8 Å². The molecule has 168 valence electrons. The lowest BCUT2D eigenvalue weighted by Crippen LogP contribution is -2.19. The van der Waals surface area contributed by atoms with E-state index in [-0.39, 0.29) is 17.2 Å². The maximum atomic E-state index is 12.5. The second-order valence-corrected chi connectivity index (χ2v) is 9.58. The van der Waals surface area contributed by atoms with Gasteiger partial charge in [0.05, 0.1) is 17.0 Å². The van der Waals surface area contributed by atoms with E-state index in [0.717, 1.165) is 22.5 Å². The first kappa shape index (κ1) is 22.8. The number of primary amides is 1. The molecule has 0 aliphatic heterocycles. The molecule has 2 heterocycles. The minimum Gasteiger partial charge on any atom is -0.366 e. The number of amides is 2.